The van der Waals surface area contributed by atoms with Gasteiger partial charge in [-0.3, -0.25) is 14.5 Å². The zero-order valence-electron chi connectivity index (χ0n) is 15.9. The molecule has 2 aromatic rings. The number of H-pyrrole nitrogens is 1. The second-order valence-corrected chi connectivity index (χ2v) is 7.47. The first-order valence-corrected chi connectivity index (χ1v) is 9.66. The maximum absolute atomic E-state index is 12.8. The van der Waals surface area contributed by atoms with E-state index in [1.165, 1.54) is 22.5 Å². The van der Waals surface area contributed by atoms with E-state index < -0.39 is 0 Å². The van der Waals surface area contributed by atoms with E-state index in [1.54, 1.807) is 13.4 Å². The van der Waals surface area contributed by atoms with E-state index in [1.807, 2.05) is 4.90 Å². The third-order valence-corrected chi connectivity index (χ3v) is 5.95. The van der Waals surface area contributed by atoms with E-state index in [2.05, 4.69) is 26.9 Å². The molecular formula is C19H26N6O2. The molecule has 2 aliphatic rings. The number of amides is 1. The summed E-state index contributed by atoms with van der Waals surface area (Å²) in [4.78, 5) is 36.7. The van der Waals surface area contributed by atoms with E-state index in [9.17, 15) is 9.59 Å². The van der Waals surface area contributed by atoms with Crippen LogP contribution in [0.4, 0.5) is 0 Å². The van der Waals surface area contributed by atoms with Crippen molar-refractivity contribution in [3.63, 3.8) is 0 Å². The van der Waals surface area contributed by atoms with Gasteiger partial charge in [0.15, 0.2) is 0 Å². The molecule has 0 bridgehead atoms. The van der Waals surface area contributed by atoms with Gasteiger partial charge in [-0.25, -0.2) is 9.67 Å². The Bertz CT molecular complexity index is 894. The summed E-state index contributed by atoms with van der Waals surface area (Å²) in [6.07, 6.45) is 5.63. The molecule has 0 radical (unpaired) electrons. The highest BCUT2D eigenvalue weighted by Gasteiger charge is 2.46. The first-order chi connectivity index (χ1) is 13.0. The smallest absolute Gasteiger partial charge is 0.274 e. The van der Waals surface area contributed by atoms with Gasteiger partial charge in [0, 0.05) is 44.9 Å². The normalized spacial score (nSPS) is 19.3. The molecule has 1 fully saturated rings. The van der Waals surface area contributed by atoms with Crippen LogP contribution in [-0.2, 0) is 19.0 Å². The van der Waals surface area contributed by atoms with Gasteiger partial charge in [-0.15, -0.1) is 0 Å². The summed E-state index contributed by atoms with van der Waals surface area (Å²) < 4.78 is 1.21. The molecule has 0 unspecified atom stereocenters. The van der Waals surface area contributed by atoms with Gasteiger partial charge in [0.25, 0.3) is 11.5 Å². The van der Waals surface area contributed by atoms with Gasteiger partial charge in [-0.2, -0.15) is 5.10 Å². The molecular weight excluding hydrogens is 344 g/mol. The number of aromatic nitrogens is 4. The van der Waals surface area contributed by atoms with Crippen LogP contribution in [0.25, 0.3) is 0 Å². The zero-order chi connectivity index (χ0) is 19.0. The van der Waals surface area contributed by atoms with Crippen molar-refractivity contribution in [1.82, 2.24) is 29.5 Å². The number of nitrogens with zero attached hydrogens (tertiary/aromatic N) is 5. The summed E-state index contributed by atoms with van der Waals surface area (Å²) in [5.41, 5.74) is 2.42. The second kappa shape index (κ2) is 6.92. The summed E-state index contributed by atoms with van der Waals surface area (Å²) in [6, 6.07) is 2.91. The molecule has 144 valence electrons. The number of imidazole rings is 1. The van der Waals surface area contributed by atoms with Crippen LogP contribution in [-0.4, -0.2) is 61.6 Å². The van der Waals surface area contributed by atoms with Crippen LogP contribution < -0.4 is 5.56 Å². The van der Waals surface area contributed by atoms with E-state index in [4.69, 9.17) is 0 Å². The topological polar surface area (TPSA) is 87.1 Å². The number of aromatic amines is 1. The second-order valence-electron chi connectivity index (χ2n) is 7.47. The number of carbonyl (C=O) groups excluding carboxylic acids is 1. The Morgan fingerprint density at radius 1 is 1.26 bits per heavy atom. The standard InChI is InChI=1S/C19H26N6O2/c1-3-9-25-10-6-14-17(21-13-20-14)19(25)7-11-24(12-8-19)18(27)15-4-5-16(26)23(2)22-15/h4-5,13H,3,6-12H2,1-2H3,(H,20,21). The van der Waals surface area contributed by atoms with Crippen molar-refractivity contribution >= 4 is 5.91 Å². The molecule has 0 atom stereocenters. The number of fused-ring (bicyclic) bond motifs is 2. The summed E-state index contributed by atoms with van der Waals surface area (Å²) in [6.45, 7) is 5.60. The average molecular weight is 370 g/mol. The van der Waals surface area contributed by atoms with Gasteiger partial charge in [0.05, 0.1) is 17.6 Å². The van der Waals surface area contributed by atoms with Gasteiger partial charge >= 0.3 is 0 Å². The summed E-state index contributed by atoms with van der Waals surface area (Å²) in [5, 5.41) is 4.11. The minimum Gasteiger partial charge on any atom is -0.348 e. The first kappa shape index (κ1) is 17.9. The van der Waals surface area contributed by atoms with E-state index in [-0.39, 0.29) is 17.0 Å². The maximum atomic E-state index is 12.8. The fraction of sp³-hybridized carbons (Fsp3) is 0.579. The molecule has 2 aromatic heterocycles. The highest BCUT2D eigenvalue weighted by molar-refractivity contribution is 5.92. The van der Waals surface area contributed by atoms with E-state index in [0.29, 0.717) is 18.8 Å². The largest absolute Gasteiger partial charge is 0.348 e. The minimum atomic E-state index is -0.215. The molecule has 1 N–H and O–H groups in total. The van der Waals surface area contributed by atoms with Gasteiger partial charge in [0.1, 0.15) is 5.69 Å². The number of rotatable bonds is 3. The Morgan fingerprint density at radius 2 is 2.04 bits per heavy atom. The number of carbonyl (C=O) groups is 1. The Balaban J connectivity index is 1.56. The van der Waals surface area contributed by atoms with Crippen molar-refractivity contribution in [1.29, 1.82) is 0 Å². The molecule has 1 saturated heterocycles. The lowest BCUT2D eigenvalue weighted by Crippen LogP contribution is -2.57. The molecule has 0 saturated carbocycles. The molecule has 27 heavy (non-hydrogen) atoms. The number of nitrogens with one attached hydrogen (secondary N) is 1. The van der Waals surface area contributed by atoms with Crippen LogP contribution in [0.15, 0.2) is 23.3 Å². The number of likely N-dealkylation sites (tertiary alicyclic amines) is 1. The number of aryl methyl sites for hydroxylation is 1. The van der Waals surface area contributed by atoms with Gasteiger partial charge < -0.3 is 9.88 Å². The quantitative estimate of drug-likeness (QED) is 0.868. The molecule has 2 aliphatic heterocycles. The summed E-state index contributed by atoms with van der Waals surface area (Å²) >= 11 is 0. The molecule has 4 heterocycles. The van der Waals surface area contributed by atoms with Crippen LogP contribution in [0, 0.1) is 0 Å². The lowest BCUT2D eigenvalue weighted by molar-refractivity contribution is 0.00682. The van der Waals surface area contributed by atoms with Crippen LogP contribution >= 0.6 is 0 Å². The number of hydrogen-bond acceptors (Lipinski definition) is 5. The van der Waals surface area contributed by atoms with Crippen LogP contribution in [0.5, 0.6) is 0 Å². The van der Waals surface area contributed by atoms with Crippen LogP contribution in [0.2, 0.25) is 0 Å². The predicted molar refractivity (Wildman–Crippen MR) is 100 cm³/mol. The minimum absolute atomic E-state index is 0.0860. The molecule has 0 aromatic carbocycles. The van der Waals surface area contributed by atoms with E-state index in [0.717, 1.165) is 44.5 Å². The van der Waals surface area contributed by atoms with Crippen molar-refractivity contribution in [3.8, 4) is 0 Å². The summed E-state index contributed by atoms with van der Waals surface area (Å²) in [5.74, 6) is -0.111. The fourth-order valence-electron chi connectivity index (χ4n) is 4.53. The zero-order valence-corrected chi connectivity index (χ0v) is 15.9. The molecule has 1 spiro atoms. The highest BCUT2D eigenvalue weighted by Crippen LogP contribution is 2.42. The Hall–Kier alpha value is -2.48. The molecule has 1 amide bonds. The lowest BCUT2D eigenvalue weighted by Gasteiger charge is -2.50. The molecule has 8 nitrogen and oxygen atoms in total. The highest BCUT2D eigenvalue weighted by atomic mass is 16.2. The SMILES string of the molecule is CCCN1CCc2[nH]cnc2C12CCN(C(=O)c1ccc(=O)n(C)n1)CC2. The first-order valence-electron chi connectivity index (χ1n) is 9.66. The van der Waals surface area contributed by atoms with Gasteiger partial charge in [-0.1, -0.05) is 6.92 Å². The van der Waals surface area contributed by atoms with Gasteiger partial charge in [0.2, 0.25) is 0 Å². The maximum Gasteiger partial charge on any atom is 0.274 e. The Morgan fingerprint density at radius 3 is 2.74 bits per heavy atom. The Labute approximate surface area is 158 Å². The van der Waals surface area contributed by atoms with Crippen molar-refractivity contribution in [2.45, 2.75) is 38.1 Å². The van der Waals surface area contributed by atoms with Crippen LogP contribution in [0.3, 0.4) is 0 Å². The lowest BCUT2D eigenvalue weighted by atomic mass is 9.78. The van der Waals surface area contributed by atoms with E-state index >= 15 is 0 Å². The third kappa shape index (κ3) is 2.97. The third-order valence-electron chi connectivity index (χ3n) is 5.95. The number of piperidine rings is 1. The fourth-order valence-corrected chi connectivity index (χ4v) is 4.53. The Kier molecular flexibility index (Phi) is 4.59. The average Bonchev–Trinajstić information content (AvgIpc) is 3.16. The summed E-state index contributed by atoms with van der Waals surface area (Å²) in [7, 11) is 1.56. The van der Waals surface area contributed by atoms with Crippen molar-refractivity contribution in [3.05, 3.63) is 45.9 Å². The number of hydrogen-bond donors (Lipinski definition) is 1. The van der Waals surface area contributed by atoms with Gasteiger partial charge in [-0.05, 0) is 31.9 Å². The van der Waals surface area contributed by atoms with Crippen molar-refractivity contribution in [2.75, 3.05) is 26.2 Å². The predicted octanol–water partition coefficient (Wildman–Crippen LogP) is 0.903. The van der Waals surface area contributed by atoms with Crippen LogP contribution in [0.1, 0.15) is 48.1 Å². The van der Waals surface area contributed by atoms with Crippen molar-refractivity contribution in [2.24, 2.45) is 7.05 Å². The molecule has 0 aliphatic carbocycles. The molecule has 8 heteroatoms. The molecule has 4 rings (SSSR count). The van der Waals surface area contributed by atoms with Crippen molar-refractivity contribution < 1.29 is 4.79 Å². The monoisotopic (exact) mass is 370 g/mol.